The summed E-state index contributed by atoms with van der Waals surface area (Å²) < 4.78 is 26.0. The van der Waals surface area contributed by atoms with Crippen molar-refractivity contribution in [1.29, 1.82) is 0 Å². The van der Waals surface area contributed by atoms with E-state index in [1.165, 1.54) is 0 Å². The number of alkyl halides is 2. The van der Waals surface area contributed by atoms with Crippen LogP contribution in [0, 0.1) is 5.92 Å². The lowest BCUT2D eigenvalue weighted by molar-refractivity contribution is -0.129. The maximum Gasteiger partial charge on any atom is 0.248 e. The molecule has 18 heavy (non-hydrogen) atoms. The number of rotatable bonds is 5. The number of carbonyl (C=O) groups is 1. The van der Waals surface area contributed by atoms with Crippen LogP contribution in [-0.4, -0.2) is 22.9 Å². The van der Waals surface area contributed by atoms with Crippen molar-refractivity contribution < 1.29 is 13.6 Å². The summed E-state index contributed by atoms with van der Waals surface area (Å²) in [5, 5.41) is 2.76. The van der Waals surface area contributed by atoms with Crippen LogP contribution in [0.1, 0.15) is 45.4 Å². The molecule has 1 saturated carbocycles. The largest absolute Gasteiger partial charge is 0.392 e. The van der Waals surface area contributed by atoms with E-state index in [-0.39, 0.29) is 48.5 Å². The van der Waals surface area contributed by atoms with Crippen molar-refractivity contribution in [2.75, 3.05) is 0 Å². The molecule has 0 aromatic carbocycles. The first-order chi connectivity index (χ1) is 8.35. The average Bonchev–Trinajstić information content (AvgIpc) is 2.28. The van der Waals surface area contributed by atoms with Crippen molar-refractivity contribution in [3.63, 3.8) is 0 Å². The van der Waals surface area contributed by atoms with E-state index in [2.05, 4.69) is 5.32 Å². The predicted molar refractivity (Wildman–Crippen MR) is 70.5 cm³/mol. The Morgan fingerprint density at radius 2 is 2.06 bits per heavy atom. The molecule has 0 bridgehead atoms. The maximum atomic E-state index is 13.0. The first-order valence-corrected chi connectivity index (χ1v) is 6.74. The van der Waals surface area contributed by atoms with Crippen LogP contribution in [-0.2, 0) is 4.79 Å². The smallest absolute Gasteiger partial charge is 0.248 e. The van der Waals surface area contributed by atoms with E-state index in [4.69, 9.17) is 18.0 Å². The Morgan fingerprint density at radius 1 is 1.50 bits per heavy atom. The Labute approximate surface area is 111 Å². The van der Waals surface area contributed by atoms with Gasteiger partial charge in [-0.1, -0.05) is 25.6 Å². The van der Waals surface area contributed by atoms with Gasteiger partial charge >= 0.3 is 0 Å². The van der Waals surface area contributed by atoms with E-state index in [0.29, 0.717) is 6.42 Å². The lowest BCUT2D eigenvalue weighted by Gasteiger charge is -2.28. The number of carbonyl (C=O) groups excluding carboxylic acids is 1. The number of nitrogens with two attached hydrogens (primary N) is 1. The number of thiocarbonyl (C=S) groups is 1. The molecule has 0 saturated heterocycles. The first kappa shape index (κ1) is 15.3. The molecular formula is C12H20F2N2OS. The van der Waals surface area contributed by atoms with Crippen molar-refractivity contribution in [1.82, 2.24) is 5.32 Å². The Morgan fingerprint density at radius 3 is 2.50 bits per heavy atom. The fraction of sp³-hybridized carbons (Fsp3) is 0.833. The summed E-state index contributed by atoms with van der Waals surface area (Å²) in [6.07, 6.45) is 1.58. The molecule has 0 aromatic heterocycles. The number of halogens is 2. The van der Waals surface area contributed by atoms with Gasteiger partial charge in [0, 0.05) is 18.8 Å². The van der Waals surface area contributed by atoms with E-state index in [0.717, 1.165) is 6.42 Å². The van der Waals surface area contributed by atoms with Crippen LogP contribution in [0.4, 0.5) is 8.78 Å². The second kappa shape index (κ2) is 6.41. The number of hydrogen-bond donors (Lipinski definition) is 2. The van der Waals surface area contributed by atoms with Gasteiger partial charge in [-0.05, 0) is 19.3 Å². The minimum Gasteiger partial charge on any atom is -0.392 e. The van der Waals surface area contributed by atoms with Crippen molar-refractivity contribution in [2.45, 2.75) is 57.4 Å². The molecule has 1 unspecified atom stereocenters. The maximum absolute atomic E-state index is 13.0. The van der Waals surface area contributed by atoms with Gasteiger partial charge in [0.2, 0.25) is 11.8 Å². The van der Waals surface area contributed by atoms with Crippen LogP contribution in [0.3, 0.4) is 0 Å². The zero-order valence-electron chi connectivity index (χ0n) is 10.5. The van der Waals surface area contributed by atoms with Gasteiger partial charge in [-0.3, -0.25) is 4.79 Å². The standard InChI is InChI=1S/C12H20F2N2OS/c1-2-3-9(10(15)18)16-11(17)8-4-6-12(13,14)7-5-8/h8-9H,2-7H2,1H3,(H2,15,18)(H,16,17). The van der Waals surface area contributed by atoms with Crippen LogP contribution in [0.2, 0.25) is 0 Å². The zero-order chi connectivity index (χ0) is 13.8. The van der Waals surface area contributed by atoms with Crippen molar-refractivity contribution in [3.05, 3.63) is 0 Å². The summed E-state index contributed by atoms with van der Waals surface area (Å²) >= 11 is 4.88. The minimum absolute atomic E-state index is 0.197. The van der Waals surface area contributed by atoms with Gasteiger partial charge in [0.1, 0.15) is 0 Å². The normalized spacial score (nSPS) is 21.3. The molecule has 1 rings (SSSR count). The van der Waals surface area contributed by atoms with Crippen LogP contribution in [0.25, 0.3) is 0 Å². The molecule has 1 fully saturated rings. The van der Waals surface area contributed by atoms with Gasteiger partial charge in [-0.2, -0.15) is 0 Å². The van der Waals surface area contributed by atoms with Crippen molar-refractivity contribution >= 4 is 23.1 Å². The number of amides is 1. The highest BCUT2D eigenvalue weighted by Gasteiger charge is 2.37. The summed E-state index contributed by atoms with van der Waals surface area (Å²) in [4.78, 5) is 12.2. The third-order valence-corrected chi connectivity index (χ3v) is 3.61. The summed E-state index contributed by atoms with van der Waals surface area (Å²) in [7, 11) is 0. The monoisotopic (exact) mass is 278 g/mol. The van der Waals surface area contributed by atoms with E-state index in [9.17, 15) is 13.6 Å². The molecule has 0 aromatic rings. The lowest BCUT2D eigenvalue weighted by Crippen LogP contribution is -2.46. The molecule has 0 spiro atoms. The van der Waals surface area contributed by atoms with E-state index in [1.807, 2.05) is 6.92 Å². The van der Waals surface area contributed by atoms with Gasteiger partial charge in [-0.15, -0.1) is 0 Å². The van der Waals surface area contributed by atoms with Crippen molar-refractivity contribution in [2.24, 2.45) is 11.7 Å². The van der Waals surface area contributed by atoms with E-state index in [1.54, 1.807) is 0 Å². The summed E-state index contributed by atoms with van der Waals surface area (Å²) in [6.45, 7) is 1.97. The van der Waals surface area contributed by atoms with Crippen LogP contribution < -0.4 is 11.1 Å². The average molecular weight is 278 g/mol. The molecule has 3 nitrogen and oxygen atoms in total. The third kappa shape index (κ3) is 4.48. The van der Waals surface area contributed by atoms with E-state index < -0.39 is 5.92 Å². The Kier molecular flexibility index (Phi) is 5.44. The van der Waals surface area contributed by atoms with Crippen molar-refractivity contribution in [3.8, 4) is 0 Å². The van der Waals surface area contributed by atoms with Gasteiger partial charge in [-0.25, -0.2) is 8.78 Å². The molecule has 1 amide bonds. The molecule has 3 N–H and O–H groups in total. The van der Waals surface area contributed by atoms with Crippen LogP contribution >= 0.6 is 12.2 Å². The number of nitrogens with one attached hydrogen (secondary N) is 1. The SMILES string of the molecule is CCCC(NC(=O)C1CCC(F)(F)CC1)C(N)=S. The zero-order valence-corrected chi connectivity index (χ0v) is 11.4. The topological polar surface area (TPSA) is 55.1 Å². The molecule has 0 radical (unpaired) electrons. The minimum atomic E-state index is -2.61. The highest BCUT2D eigenvalue weighted by molar-refractivity contribution is 7.80. The second-order valence-electron chi connectivity index (χ2n) is 4.88. The fourth-order valence-corrected chi connectivity index (χ4v) is 2.34. The summed E-state index contributed by atoms with van der Waals surface area (Å²) in [6, 6.07) is -0.320. The molecule has 1 aliphatic rings. The van der Waals surface area contributed by atoms with Gasteiger partial charge in [0.05, 0.1) is 11.0 Å². The van der Waals surface area contributed by atoms with Crippen LogP contribution in [0.15, 0.2) is 0 Å². The third-order valence-electron chi connectivity index (χ3n) is 3.33. The van der Waals surface area contributed by atoms with Gasteiger partial charge < -0.3 is 11.1 Å². The molecule has 1 aliphatic carbocycles. The summed E-state index contributed by atoms with van der Waals surface area (Å²) in [5.41, 5.74) is 5.54. The molecular weight excluding hydrogens is 258 g/mol. The van der Waals surface area contributed by atoms with Crippen LogP contribution in [0.5, 0.6) is 0 Å². The summed E-state index contributed by atoms with van der Waals surface area (Å²) in [5.74, 6) is -3.14. The predicted octanol–water partition coefficient (Wildman–Crippen LogP) is 2.38. The molecule has 104 valence electrons. The van der Waals surface area contributed by atoms with Gasteiger partial charge in [0.15, 0.2) is 0 Å². The Bertz CT molecular complexity index is 313. The van der Waals surface area contributed by atoms with Gasteiger partial charge in [0.25, 0.3) is 0 Å². The van der Waals surface area contributed by atoms with E-state index >= 15 is 0 Å². The molecule has 0 heterocycles. The fourth-order valence-electron chi connectivity index (χ4n) is 2.17. The highest BCUT2D eigenvalue weighted by Crippen LogP contribution is 2.36. The number of hydrogen-bond acceptors (Lipinski definition) is 2. The molecule has 0 aliphatic heterocycles. The Balaban J connectivity index is 2.47. The Hall–Kier alpha value is -0.780. The first-order valence-electron chi connectivity index (χ1n) is 6.33. The molecule has 1 atom stereocenters. The second-order valence-corrected chi connectivity index (χ2v) is 5.35. The quantitative estimate of drug-likeness (QED) is 0.759. The molecule has 6 heteroatoms. The highest BCUT2D eigenvalue weighted by atomic mass is 32.1. The lowest BCUT2D eigenvalue weighted by atomic mass is 9.86.